The minimum absolute atomic E-state index is 0.102. The van der Waals surface area contributed by atoms with E-state index >= 15 is 0 Å². The number of rotatable bonds is 10. The molecule has 0 bridgehead atoms. The number of aliphatic hydroxyl groups excluding tert-OH is 2. The van der Waals surface area contributed by atoms with Crippen LogP contribution in [0.2, 0.25) is 0 Å². The van der Waals surface area contributed by atoms with Crippen LogP contribution in [0.25, 0.3) is 0 Å². The van der Waals surface area contributed by atoms with E-state index in [9.17, 15) is 0 Å². The van der Waals surface area contributed by atoms with Gasteiger partial charge in [-0.25, -0.2) is 0 Å². The lowest BCUT2D eigenvalue weighted by atomic mass is 10.0. The van der Waals surface area contributed by atoms with Crippen molar-refractivity contribution in [1.82, 2.24) is 0 Å². The Labute approximate surface area is 117 Å². The molecule has 0 saturated heterocycles. The molecule has 0 amide bonds. The van der Waals surface area contributed by atoms with Crippen LogP contribution in [0.4, 0.5) is 0 Å². The van der Waals surface area contributed by atoms with Gasteiger partial charge in [0.1, 0.15) is 12.7 Å². The molecule has 110 valence electrons. The Kier molecular flexibility index (Phi) is 12.8. The quantitative estimate of drug-likeness (QED) is 0.364. The third-order valence-electron chi connectivity index (χ3n) is 2.68. The highest BCUT2D eigenvalue weighted by atomic mass is 16.5. The third-order valence-corrected chi connectivity index (χ3v) is 2.68. The molecule has 0 heterocycles. The predicted octanol–water partition coefficient (Wildman–Crippen LogP) is 2.87. The maximum Gasteiger partial charge on any atom is 0.115 e. The van der Waals surface area contributed by atoms with Crippen LogP contribution in [0.1, 0.15) is 52.4 Å². The van der Waals surface area contributed by atoms with Crippen molar-refractivity contribution in [3.8, 4) is 11.8 Å². The zero-order valence-corrected chi connectivity index (χ0v) is 12.3. The van der Waals surface area contributed by atoms with E-state index in [2.05, 4.69) is 25.7 Å². The third kappa shape index (κ3) is 15.0. The van der Waals surface area contributed by atoms with Crippen LogP contribution >= 0.6 is 0 Å². The number of aliphatic hydroxyl groups is 2. The molecule has 0 saturated carbocycles. The van der Waals surface area contributed by atoms with E-state index in [-0.39, 0.29) is 13.2 Å². The summed E-state index contributed by atoms with van der Waals surface area (Å²) in [6.45, 7) is 4.35. The maximum absolute atomic E-state index is 8.99. The van der Waals surface area contributed by atoms with Gasteiger partial charge in [-0.15, -0.1) is 0 Å². The van der Waals surface area contributed by atoms with Crippen LogP contribution in [0.15, 0.2) is 12.3 Å². The van der Waals surface area contributed by atoms with Crippen LogP contribution in [-0.4, -0.2) is 29.5 Å². The van der Waals surface area contributed by atoms with E-state index in [4.69, 9.17) is 14.9 Å². The Balaban J connectivity index is 3.33. The van der Waals surface area contributed by atoms with Crippen molar-refractivity contribution in [3.63, 3.8) is 0 Å². The van der Waals surface area contributed by atoms with Gasteiger partial charge in [0.15, 0.2) is 0 Å². The molecule has 0 aliphatic heterocycles. The predicted molar refractivity (Wildman–Crippen MR) is 78.5 cm³/mol. The monoisotopic (exact) mass is 268 g/mol. The van der Waals surface area contributed by atoms with Crippen molar-refractivity contribution in [2.45, 2.75) is 58.5 Å². The SMILES string of the molecule is CC(C)CCCCCCC#C/C=C/OC[C@@H](O)CO. The Bertz CT molecular complexity index is 273. The summed E-state index contributed by atoms with van der Waals surface area (Å²) in [6.07, 6.45) is 9.55. The molecule has 2 N–H and O–H groups in total. The van der Waals surface area contributed by atoms with Crippen molar-refractivity contribution < 1.29 is 14.9 Å². The fraction of sp³-hybridized carbons (Fsp3) is 0.750. The van der Waals surface area contributed by atoms with E-state index in [1.165, 1.54) is 31.9 Å². The van der Waals surface area contributed by atoms with E-state index in [1.54, 1.807) is 6.08 Å². The second-order valence-corrected chi connectivity index (χ2v) is 5.14. The minimum Gasteiger partial charge on any atom is -0.498 e. The van der Waals surface area contributed by atoms with E-state index in [0.717, 1.165) is 18.8 Å². The molecule has 0 aliphatic carbocycles. The smallest absolute Gasteiger partial charge is 0.115 e. The Hall–Kier alpha value is -0.980. The average Bonchev–Trinajstić information content (AvgIpc) is 2.39. The zero-order chi connectivity index (χ0) is 14.3. The number of hydrogen-bond donors (Lipinski definition) is 2. The van der Waals surface area contributed by atoms with Gasteiger partial charge in [-0.3, -0.25) is 0 Å². The highest BCUT2D eigenvalue weighted by Crippen LogP contribution is 2.09. The molecular formula is C16H28O3. The molecule has 0 aromatic rings. The molecule has 1 atom stereocenters. The molecule has 19 heavy (non-hydrogen) atoms. The van der Waals surface area contributed by atoms with E-state index < -0.39 is 6.10 Å². The molecule has 0 rings (SSSR count). The Morgan fingerprint density at radius 2 is 1.89 bits per heavy atom. The largest absolute Gasteiger partial charge is 0.498 e. The standard InChI is InChI=1S/C16H28O3/c1-15(2)11-9-7-5-3-4-6-8-10-12-19-14-16(18)13-17/h10,12,15-18H,3-5,7,9,11,13-14H2,1-2H3/b12-10+/t16-/m0/s1. The van der Waals surface area contributed by atoms with Crippen molar-refractivity contribution in [3.05, 3.63) is 12.3 Å². The summed E-state index contributed by atoms with van der Waals surface area (Å²) in [7, 11) is 0. The topological polar surface area (TPSA) is 49.7 Å². The van der Waals surface area contributed by atoms with Gasteiger partial charge in [-0.2, -0.15) is 0 Å². The van der Waals surface area contributed by atoms with Crippen LogP contribution in [0.5, 0.6) is 0 Å². The molecule has 0 aromatic carbocycles. The first-order valence-electron chi connectivity index (χ1n) is 7.20. The van der Waals surface area contributed by atoms with Gasteiger partial charge in [0.05, 0.1) is 12.9 Å². The summed E-state index contributed by atoms with van der Waals surface area (Å²) >= 11 is 0. The lowest BCUT2D eigenvalue weighted by Crippen LogP contribution is -2.17. The lowest BCUT2D eigenvalue weighted by molar-refractivity contribution is 0.0385. The molecular weight excluding hydrogens is 240 g/mol. The highest BCUT2D eigenvalue weighted by Gasteiger charge is 1.98. The lowest BCUT2D eigenvalue weighted by Gasteiger charge is -2.04. The normalized spacial score (nSPS) is 12.5. The fourth-order valence-electron chi connectivity index (χ4n) is 1.55. The van der Waals surface area contributed by atoms with E-state index in [1.807, 2.05) is 0 Å². The summed E-state index contributed by atoms with van der Waals surface area (Å²) in [6, 6.07) is 0. The first-order valence-corrected chi connectivity index (χ1v) is 7.20. The van der Waals surface area contributed by atoms with Crippen molar-refractivity contribution in [1.29, 1.82) is 0 Å². The molecule has 0 unspecified atom stereocenters. The van der Waals surface area contributed by atoms with Gasteiger partial charge < -0.3 is 14.9 Å². The highest BCUT2D eigenvalue weighted by molar-refractivity contribution is 5.13. The van der Waals surface area contributed by atoms with Crippen molar-refractivity contribution in [2.24, 2.45) is 5.92 Å². The zero-order valence-electron chi connectivity index (χ0n) is 12.3. The van der Waals surface area contributed by atoms with Crippen LogP contribution in [0.3, 0.4) is 0 Å². The van der Waals surface area contributed by atoms with Crippen molar-refractivity contribution >= 4 is 0 Å². The Morgan fingerprint density at radius 1 is 1.16 bits per heavy atom. The van der Waals surface area contributed by atoms with Gasteiger partial charge in [0.25, 0.3) is 0 Å². The summed E-state index contributed by atoms with van der Waals surface area (Å²) in [5.41, 5.74) is 0. The number of allylic oxidation sites excluding steroid dienone is 1. The summed E-state index contributed by atoms with van der Waals surface area (Å²) in [4.78, 5) is 0. The van der Waals surface area contributed by atoms with Crippen LogP contribution in [-0.2, 0) is 4.74 Å². The van der Waals surface area contributed by atoms with E-state index in [0.29, 0.717) is 0 Å². The number of unbranched alkanes of at least 4 members (excludes halogenated alkanes) is 4. The van der Waals surface area contributed by atoms with Crippen LogP contribution < -0.4 is 0 Å². The molecule has 0 fully saturated rings. The molecule has 3 nitrogen and oxygen atoms in total. The molecule has 0 aliphatic rings. The van der Waals surface area contributed by atoms with Gasteiger partial charge in [-0.05, 0) is 12.3 Å². The average molecular weight is 268 g/mol. The number of ether oxygens (including phenoxy) is 1. The Morgan fingerprint density at radius 3 is 2.58 bits per heavy atom. The molecule has 0 aromatic heterocycles. The minimum atomic E-state index is -0.816. The summed E-state index contributed by atoms with van der Waals surface area (Å²) in [5, 5.41) is 17.5. The maximum atomic E-state index is 8.99. The second kappa shape index (κ2) is 13.5. The molecule has 3 heteroatoms. The van der Waals surface area contributed by atoms with Gasteiger partial charge in [0, 0.05) is 12.5 Å². The fourth-order valence-corrected chi connectivity index (χ4v) is 1.55. The van der Waals surface area contributed by atoms with Crippen LogP contribution in [0, 0.1) is 17.8 Å². The summed E-state index contributed by atoms with van der Waals surface area (Å²) < 4.78 is 4.98. The van der Waals surface area contributed by atoms with Gasteiger partial charge in [-0.1, -0.05) is 51.4 Å². The van der Waals surface area contributed by atoms with Gasteiger partial charge >= 0.3 is 0 Å². The van der Waals surface area contributed by atoms with Crippen molar-refractivity contribution in [2.75, 3.05) is 13.2 Å². The summed E-state index contributed by atoms with van der Waals surface area (Å²) in [5.74, 6) is 6.76. The molecule has 0 radical (unpaired) electrons. The first kappa shape index (κ1) is 18.0. The second-order valence-electron chi connectivity index (χ2n) is 5.14. The number of hydrogen-bond acceptors (Lipinski definition) is 3. The molecule has 0 spiro atoms. The van der Waals surface area contributed by atoms with Gasteiger partial charge in [0.2, 0.25) is 0 Å². The first-order chi connectivity index (χ1) is 9.16.